The molecule has 1 aromatic carbocycles. The van der Waals surface area contributed by atoms with Crippen molar-refractivity contribution in [3.63, 3.8) is 0 Å². The van der Waals surface area contributed by atoms with E-state index in [0.717, 1.165) is 5.56 Å². The van der Waals surface area contributed by atoms with Gasteiger partial charge in [-0.2, -0.15) is 0 Å². The third-order valence-corrected chi connectivity index (χ3v) is 4.90. The van der Waals surface area contributed by atoms with E-state index in [2.05, 4.69) is 21.8 Å². The van der Waals surface area contributed by atoms with Crippen molar-refractivity contribution in [3.05, 3.63) is 48.2 Å². The topological polar surface area (TPSA) is 76.8 Å². The maximum atomic E-state index is 12.9. The SMILES string of the molecule is C=CCc1ccc(OC(F)(F)F)c(-c2cc(CC3CNCCN3C(=O)OC(C)(C)C)on2)c1. The lowest BCUT2D eigenvalue weighted by molar-refractivity contribution is -0.274. The Balaban J connectivity index is 1.83. The molecule has 1 unspecified atom stereocenters. The first kappa shape index (κ1) is 24.6. The number of amides is 1. The second-order valence-electron chi connectivity index (χ2n) is 8.79. The smallest absolute Gasteiger partial charge is 0.444 e. The van der Waals surface area contributed by atoms with Crippen molar-refractivity contribution in [2.24, 2.45) is 0 Å². The summed E-state index contributed by atoms with van der Waals surface area (Å²) in [6.07, 6.45) is -2.82. The molecule has 7 nitrogen and oxygen atoms in total. The Labute approximate surface area is 190 Å². The molecule has 33 heavy (non-hydrogen) atoms. The molecule has 3 rings (SSSR count). The Morgan fingerprint density at radius 2 is 2.09 bits per heavy atom. The van der Waals surface area contributed by atoms with Crippen molar-refractivity contribution in [1.29, 1.82) is 0 Å². The molecule has 0 aliphatic carbocycles. The summed E-state index contributed by atoms with van der Waals surface area (Å²) in [6.45, 7) is 10.7. The molecule has 10 heteroatoms. The lowest BCUT2D eigenvalue weighted by Gasteiger charge is -2.36. The van der Waals surface area contributed by atoms with Crippen LogP contribution in [0, 0.1) is 0 Å². The predicted molar refractivity (Wildman–Crippen MR) is 116 cm³/mol. The normalized spacial score (nSPS) is 17.0. The van der Waals surface area contributed by atoms with Gasteiger partial charge < -0.3 is 24.2 Å². The van der Waals surface area contributed by atoms with Gasteiger partial charge in [0.05, 0.1) is 6.04 Å². The van der Waals surface area contributed by atoms with Gasteiger partial charge in [-0.25, -0.2) is 4.79 Å². The third kappa shape index (κ3) is 6.98. The second-order valence-corrected chi connectivity index (χ2v) is 8.79. The molecule has 1 aliphatic heterocycles. The van der Waals surface area contributed by atoms with Crippen LogP contribution in [0.4, 0.5) is 18.0 Å². The highest BCUT2D eigenvalue weighted by Crippen LogP contribution is 2.35. The number of hydrogen-bond donors (Lipinski definition) is 1. The number of ether oxygens (including phenoxy) is 2. The lowest BCUT2D eigenvalue weighted by Crippen LogP contribution is -2.55. The van der Waals surface area contributed by atoms with Crippen molar-refractivity contribution in [2.75, 3.05) is 19.6 Å². The molecule has 2 heterocycles. The minimum Gasteiger partial charge on any atom is -0.444 e. The number of alkyl halides is 3. The van der Waals surface area contributed by atoms with Crippen molar-refractivity contribution < 1.29 is 32.0 Å². The Hall–Kier alpha value is -3.01. The maximum Gasteiger partial charge on any atom is 0.573 e. The summed E-state index contributed by atoms with van der Waals surface area (Å²) < 4.78 is 53.8. The molecule has 1 aliphatic rings. The van der Waals surface area contributed by atoms with E-state index in [9.17, 15) is 18.0 Å². The van der Waals surface area contributed by atoms with Crippen molar-refractivity contribution in [1.82, 2.24) is 15.4 Å². The quantitative estimate of drug-likeness (QED) is 0.620. The van der Waals surface area contributed by atoms with Crippen LogP contribution in [0.2, 0.25) is 0 Å². The fourth-order valence-electron chi connectivity index (χ4n) is 3.56. The van der Waals surface area contributed by atoms with Crippen LogP contribution in [-0.4, -0.2) is 53.8 Å². The number of nitrogens with one attached hydrogen (secondary N) is 1. The number of carbonyl (C=O) groups is 1. The lowest BCUT2D eigenvalue weighted by atomic mass is 10.0. The largest absolute Gasteiger partial charge is 0.573 e. The fourth-order valence-corrected chi connectivity index (χ4v) is 3.56. The first-order chi connectivity index (χ1) is 15.4. The average molecular weight is 467 g/mol. The molecule has 0 saturated carbocycles. The van der Waals surface area contributed by atoms with Gasteiger partial charge in [-0.15, -0.1) is 19.8 Å². The van der Waals surface area contributed by atoms with Crippen LogP contribution in [-0.2, 0) is 17.6 Å². The highest BCUT2D eigenvalue weighted by molar-refractivity contribution is 5.69. The zero-order valence-corrected chi connectivity index (χ0v) is 18.9. The first-order valence-electron chi connectivity index (χ1n) is 10.6. The summed E-state index contributed by atoms with van der Waals surface area (Å²) in [5, 5.41) is 7.20. The van der Waals surface area contributed by atoms with E-state index in [1.807, 2.05) is 0 Å². The van der Waals surface area contributed by atoms with Gasteiger partial charge in [0, 0.05) is 37.7 Å². The number of aromatic nitrogens is 1. The molecule has 1 amide bonds. The van der Waals surface area contributed by atoms with Gasteiger partial charge in [-0.1, -0.05) is 17.3 Å². The predicted octanol–water partition coefficient (Wildman–Crippen LogP) is 4.72. The summed E-state index contributed by atoms with van der Waals surface area (Å²) in [4.78, 5) is 14.2. The van der Waals surface area contributed by atoms with Crippen LogP contribution < -0.4 is 10.1 Å². The monoisotopic (exact) mass is 467 g/mol. The minimum absolute atomic E-state index is 0.160. The van der Waals surface area contributed by atoms with E-state index in [4.69, 9.17) is 9.26 Å². The van der Waals surface area contributed by atoms with E-state index in [0.29, 0.717) is 38.2 Å². The van der Waals surface area contributed by atoms with E-state index >= 15 is 0 Å². The summed E-state index contributed by atoms with van der Waals surface area (Å²) in [7, 11) is 0. The standard InChI is InChI=1S/C23H28F3N3O4/c1-5-6-15-7-8-20(31-23(24,25)26)18(11-15)19-13-17(33-28-19)12-16-14-27-9-10-29(16)21(30)32-22(2,3)4/h5,7-8,11,13,16,27H,1,6,9-10,12,14H2,2-4H3. The molecule has 1 aromatic heterocycles. The molecule has 0 spiro atoms. The number of halogens is 3. The maximum absolute atomic E-state index is 12.9. The van der Waals surface area contributed by atoms with E-state index in [1.165, 1.54) is 6.07 Å². The number of rotatable bonds is 6. The third-order valence-electron chi connectivity index (χ3n) is 4.90. The van der Waals surface area contributed by atoms with Crippen LogP contribution in [0.3, 0.4) is 0 Å². The minimum atomic E-state index is -4.84. The number of benzene rings is 1. The van der Waals surface area contributed by atoms with Gasteiger partial charge in [-0.3, -0.25) is 0 Å². The zero-order valence-electron chi connectivity index (χ0n) is 18.9. The van der Waals surface area contributed by atoms with E-state index < -0.39 is 18.1 Å². The van der Waals surface area contributed by atoms with Crippen molar-refractivity contribution >= 4 is 6.09 Å². The van der Waals surface area contributed by atoms with Gasteiger partial charge >= 0.3 is 12.5 Å². The molecular formula is C23H28F3N3O4. The number of nitrogens with zero attached hydrogens (tertiary/aromatic N) is 2. The Kier molecular flexibility index (Phi) is 7.36. The molecule has 2 aromatic rings. The Morgan fingerprint density at radius 1 is 1.33 bits per heavy atom. The first-order valence-corrected chi connectivity index (χ1v) is 10.6. The molecule has 1 fully saturated rings. The highest BCUT2D eigenvalue weighted by atomic mass is 19.4. The fraction of sp³-hybridized carbons (Fsp3) is 0.478. The van der Waals surface area contributed by atoms with Crippen LogP contribution in [0.1, 0.15) is 32.1 Å². The van der Waals surface area contributed by atoms with Gasteiger partial charge in [0.1, 0.15) is 22.8 Å². The summed E-state index contributed by atoms with van der Waals surface area (Å²) in [6, 6.07) is 5.68. The van der Waals surface area contributed by atoms with Crippen LogP contribution in [0.15, 0.2) is 41.4 Å². The number of piperazine rings is 1. The molecule has 1 saturated heterocycles. The highest BCUT2D eigenvalue weighted by Gasteiger charge is 2.34. The molecule has 1 atom stereocenters. The van der Waals surface area contributed by atoms with Gasteiger partial charge in [0.15, 0.2) is 0 Å². The summed E-state index contributed by atoms with van der Waals surface area (Å²) in [5.41, 5.74) is 0.499. The van der Waals surface area contributed by atoms with Crippen LogP contribution in [0.5, 0.6) is 5.75 Å². The Bertz CT molecular complexity index is 982. The number of allylic oxidation sites excluding steroid dienone is 1. The zero-order chi connectivity index (χ0) is 24.2. The van der Waals surface area contributed by atoms with Gasteiger partial charge in [0.25, 0.3) is 0 Å². The van der Waals surface area contributed by atoms with Gasteiger partial charge in [-0.05, 0) is 44.9 Å². The molecule has 180 valence electrons. The second kappa shape index (κ2) is 9.86. The number of hydrogen-bond acceptors (Lipinski definition) is 6. The summed E-state index contributed by atoms with van der Waals surface area (Å²) in [5.74, 6) is 0.0595. The molecule has 0 radical (unpaired) electrons. The molecular weight excluding hydrogens is 439 g/mol. The van der Waals surface area contributed by atoms with Gasteiger partial charge in [0.2, 0.25) is 0 Å². The Morgan fingerprint density at radius 3 is 2.76 bits per heavy atom. The van der Waals surface area contributed by atoms with Crippen molar-refractivity contribution in [3.8, 4) is 17.0 Å². The number of carbonyl (C=O) groups excluding carboxylic acids is 1. The molecule has 1 N–H and O–H groups in total. The van der Waals surface area contributed by atoms with Crippen LogP contribution in [0.25, 0.3) is 11.3 Å². The van der Waals surface area contributed by atoms with E-state index in [-0.39, 0.29) is 23.0 Å². The van der Waals surface area contributed by atoms with Crippen molar-refractivity contribution in [2.45, 2.75) is 51.6 Å². The van der Waals surface area contributed by atoms with Crippen LogP contribution >= 0.6 is 0 Å². The van der Waals surface area contributed by atoms with E-state index in [1.54, 1.807) is 49.9 Å². The average Bonchev–Trinajstić information content (AvgIpc) is 3.15. The molecule has 0 bridgehead atoms. The summed E-state index contributed by atoms with van der Waals surface area (Å²) >= 11 is 0.